The number of carboxylic acids is 1. The number of nitrogens with one attached hydrogen (secondary N) is 3. The van der Waals surface area contributed by atoms with Crippen molar-refractivity contribution in [3.8, 4) is 0 Å². The van der Waals surface area contributed by atoms with Crippen molar-refractivity contribution < 1.29 is 29.4 Å². The Balaban J connectivity index is 5.15. The molecule has 156 valence electrons. The third-order valence-electron chi connectivity index (χ3n) is 4.12. The highest BCUT2D eigenvalue weighted by Crippen LogP contribution is 2.09. The Labute approximate surface area is 164 Å². The minimum atomic E-state index is -1.51. The average Bonchev–Trinajstić information content (AvgIpc) is 2.61. The molecular formula is C16H30N4O6S. The molecule has 6 atom stereocenters. The average molecular weight is 407 g/mol. The zero-order chi connectivity index (χ0) is 21.3. The number of carbonyl (C=O) groups is 4. The minimum absolute atomic E-state index is 0.105. The van der Waals surface area contributed by atoms with E-state index in [9.17, 15) is 24.3 Å². The van der Waals surface area contributed by atoms with Crippen LogP contribution in [-0.4, -0.2) is 69.9 Å². The van der Waals surface area contributed by atoms with Gasteiger partial charge in [-0.15, -0.1) is 0 Å². The van der Waals surface area contributed by atoms with Crippen molar-refractivity contribution in [1.82, 2.24) is 16.0 Å². The van der Waals surface area contributed by atoms with Gasteiger partial charge in [-0.1, -0.05) is 20.3 Å². The summed E-state index contributed by atoms with van der Waals surface area (Å²) in [5.41, 5.74) is 5.53. The number of thiol groups is 1. The van der Waals surface area contributed by atoms with Gasteiger partial charge in [0.15, 0.2) is 6.04 Å². The Bertz CT molecular complexity index is 545. The first-order chi connectivity index (χ1) is 12.5. The second-order valence-corrected chi connectivity index (χ2v) is 6.82. The van der Waals surface area contributed by atoms with Gasteiger partial charge in [-0.3, -0.25) is 14.4 Å². The molecule has 10 nitrogen and oxygen atoms in total. The largest absolute Gasteiger partial charge is 0.480 e. The number of aliphatic hydroxyl groups excluding tert-OH is 1. The standard InChI is InChI=1S/C16H30N4O6S/c1-5-7(2)11(15(24)20-12(9(4)21)16(25)26)19-13(22)8(3)18-14(23)10(17)6-27/h7-12,21,27H,5-6,17H2,1-4H3,(H,18,23)(H,19,22)(H,20,24)(H,25,26). The number of hydrogen-bond donors (Lipinski definition) is 7. The lowest BCUT2D eigenvalue weighted by Gasteiger charge is -2.27. The Hall–Kier alpha value is -1.85. The van der Waals surface area contributed by atoms with Crippen molar-refractivity contribution in [2.45, 2.75) is 64.4 Å². The zero-order valence-corrected chi connectivity index (χ0v) is 16.8. The minimum Gasteiger partial charge on any atom is -0.480 e. The summed E-state index contributed by atoms with van der Waals surface area (Å²) in [7, 11) is 0. The third kappa shape index (κ3) is 8.14. The van der Waals surface area contributed by atoms with E-state index in [1.807, 2.05) is 0 Å². The number of hydrogen-bond acceptors (Lipinski definition) is 7. The molecule has 6 unspecified atom stereocenters. The maximum Gasteiger partial charge on any atom is 0.328 e. The number of carbonyl (C=O) groups excluding carboxylic acids is 3. The Morgan fingerprint density at radius 3 is 1.89 bits per heavy atom. The van der Waals surface area contributed by atoms with Crippen LogP contribution >= 0.6 is 12.6 Å². The molecule has 11 heteroatoms. The smallest absolute Gasteiger partial charge is 0.328 e. The third-order valence-corrected chi connectivity index (χ3v) is 4.52. The molecular weight excluding hydrogens is 376 g/mol. The molecule has 27 heavy (non-hydrogen) atoms. The summed E-state index contributed by atoms with van der Waals surface area (Å²) in [5.74, 6) is -3.53. The molecule has 0 aliphatic heterocycles. The molecule has 7 N–H and O–H groups in total. The van der Waals surface area contributed by atoms with Crippen LogP contribution in [0, 0.1) is 5.92 Å². The quantitative estimate of drug-likeness (QED) is 0.199. The van der Waals surface area contributed by atoms with E-state index in [2.05, 4.69) is 28.6 Å². The first-order valence-corrected chi connectivity index (χ1v) is 9.27. The van der Waals surface area contributed by atoms with Crippen molar-refractivity contribution in [3.05, 3.63) is 0 Å². The van der Waals surface area contributed by atoms with E-state index < -0.39 is 54.0 Å². The number of nitrogens with two attached hydrogens (primary N) is 1. The second-order valence-electron chi connectivity index (χ2n) is 6.46. The molecule has 0 spiro atoms. The van der Waals surface area contributed by atoms with Crippen LogP contribution in [-0.2, 0) is 19.2 Å². The summed E-state index contributed by atoms with van der Waals surface area (Å²) in [4.78, 5) is 47.7. The molecule has 0 aromatic carbocycles. The van der Waals surface area contributed by atoms with Crippen LogP contribution in [0.5, 0.6) is 0 Å². The van der Waals surface area contributed by atoms with Crippen LogP contribution in [0.3, 0.4) is 0 Å². The molecule has 0 bridgehead atoms. The number of carboxylic acid groups (broad SMARTS) is 1. The fourth-order valence-electron chi connectivity index (χ4n) is 2.08. The zero-order valence-electron chi connectivity index (χ0n) is 15.9. The van der Waals surface area contributed by atoms with E-state index in [1.165, 1.54) is 13.8 Å². The summed E-state index contributed by atoms with van der Waals surface area (Å²) in [6.07, 6.45) is -0.795. The number of rotatable bonds is 11. The number of aliphatic carboxylic acids is 1. The lowest BCUT2D eigenvalue weighted by Crippen LogP contribution is -2.59. The summed E-state index contributed by atoms with van der Waals surface area (Å²) >= 11 is 3.91. The topological polar surface area (TPSA) is 171 Å². The van der Waals surface area contributed by atoms with E-state index in [-0.39, 0.29) is 11.7 Å². The molecule has 0 rings (SSSR count). The predicted molar refractivity (Wildman–Crippen MR) is 102 cm³/mol. The first-order valence-electron chi connectivity index (χ1n) is 8.64. The first kappa shape index (κ1) is 25.1. The Morgan fingerprint density at radius 1 is 0.963 bits per heavy atom. The molecule has 0 fully saturated rings. The van der Waals surface area contributed by atoms with Crippen LogP contribution in [0.4, 0.5) is 0 Å². The second kappa shape index (κ2) is 11.8. The van der Waals surface area contributed by atoms with Gasteiger partial charge in [-0.25, -0.2) is 4.79 Å². The molecule has 0 radical (unpaired) electrons. The normalized spacial score (nSPS) is 17.6. The summed E-state index contributed by atoms with van der Waals surface area (Å²) < 4.78 is 0. The van der Waals surface area contributed by atoms with Crippen LogP contribution in [0.1, 0.15) is 34.1 Å². The van der Waals surface area contributed by atoms with Gasteiger partial charge in [0, 0.05) is 5.75 Å². The Kier molecular flexibility index (Phi) is 11.0. The van der Waals surface area contributed by atoms with E-state index >= 15 is 0 Å². The van der Waals surface area contributed by atoms with Gasteiger partial charge in [0.25, 0.3) is 0 Å². The van der Waals surface area contributed by atoms with Gasteiger partial charge in [-0.05, 0) is 19.8 Å². The van der Waals surface area contributed by atoms with E-state index in [1.54, 1.807) is 13.8 Å². The predicted octanol–water partition coefficient (Wildman–Crippen LogP) is -1.77. The molecule has 0 aliphatic rings. The fourth-order valence-corrected chi connectivity index (χ4v) is 2.25. The van der Waals surface area contributed by atoms with Crippen molar-refractivity contribution in [2.24, 2.45) is 11.7 Å². The number of amides is 3. The van der Waals surface area contributed by atoms with Gasteiger partial charge in [0.2, 0.25) is 17.7 Å². The fraction of sp³-hybridized carbons (Fsp3) is 0.750. The molecule has 0 aliphatic carbocycles. The monoisotopic (exact) mass is 406 g/mol. The van der Waals surface area contributed by atoms with Crippen LogP contribution in [0.25, 0.3) is 0 Å². The summed E-state index contributed by atoms with van der Waals surface area (Å²) in [5, 5.41) is 25.7. The lowest BCUT2D eigenvalue weighted by atomic mass is 9.97. The van der Waals surface area contributed by atoms with Crippen molar-refractivity contribution in [1.29, 1.82) is 0 Å². The van der Waals surface area contributed by atoms with Crippen molar-refractivity contribution in [2.75, 3.05) is 5.75 Å². The van der Waals surface area contributed by atoms with Gasteiger partial charge in [0.1, 0.15) is 12.1 Å². The molecule has 0 saturated heterocycles. The SMILES string of the molecule is CCC(C)C(NC(=O)C(C)NC(=O)C(N)CS)C(=O)NC(C(=O)O)C(C)O. The van der Waals surface area contributed by atoms with Gasteiger partial charge in [0.05, 0.1) is 12.1 Å². The highest BCUT2D eigenvalue weighted by Gasteiger charge is 2.33. The maximum absolute atomic E-state index is 12.5. The van der Waals surface area contributed by atoms with Crippen molar-refractivity contribution in [3.63, 3.8) is 0 Å². The van der Waals surface area contributed by atoms with Gasteiger partial charge in [-0.2, -0.15) is 12.6 Å². The van der Waals surface area contributed by atoms with E-state index in [4.69, 9.17) is 10.8 Å². The van der Waals surface area contributed by atoms with E-state index in [0.29, 0.717) is 6.42 Å². The van der Waals surface area contributed by atoms with Crippen molar-refractivity contribution >= 4 is 36.3 Å². The van der Waals surface area contributed by atoms with Crippen LogP contribution < -0.4 is 21.7 Å². The highest BCUT2D eigenvalue weighted by molar-refractivity contribution is 7.80. The molecule has 0 heterocycles. The van der Waals surface area contributed by atoms with Gasteiger partial charge >= 0.3 is 5.97 Å². The number of aliphatic hydroxyl groups is 1. The van der Waals surface area contributed by atoms with E-state index in [0.717, 1.165) is 0 Å². The van der Waals surface area contributed by atoms with Crippen LogP contribution in [0.15, 0.2) is 0 Å². The van der Waals surface area contributed by atoms with Gasteiger partial charge < -0.3 is 31.9 Å². The Morgan fingerprint density at radius 2 is 1.48 bits per heavy atom. The summed E-state index contributed by atoms with van der Waals surface area (Å²) in [6.45, 7) is 6.18. The highest BCUT2D eigenvalue weighted by atomic mass is 32.1. The lowest BCUT2D eigenvalue weighted by molar-refractivity contribution is -0.145. The molecule has 0 aromatic heterocycles. The molecule has 3 amide bonds. The van der Waals surface area contributed by atoms with Crippen LogP contribution in [0.2, 0.25) is 0 Å². The molecule has 0 aromatic rings. The summed E-state index contributed by atoms with van der Waals surface area (Å²) in [6, 6.07) is -4.39. The maximum atomic E-state index is 12.5. The molecule has 0 saturated carbocycles.